The van der Waals surface area contributed by atoms with E-state index in [0.717, 1.165) is 172 Å². The third kappa shape index (κ3) is 36.4. The van der Waals surface area contributed by atoms with Gasteiger partial charge < -0.3 is 37.0 Å². The van der Waals surface area contributed by atoms with E-state index in [1.807, 2.05) is 0 Å². The molecule has 1 aromatic rings. The number of nitrogens with one attached hydrogen (secondary N) is 6. The molecule has 0 amide bonds. The summed E-state index contributed by atoms with van der Waals surface area (Å²) in [5.41, 5.74) is 2.25. The van der Waals surface area contributed by atoms with Crippen molar-refractivity contribution in [3.63, 3.8) is 0 Å². The maximum Gasteiger partial charge on any atom is 0.300 e. The van der Waals surface area contributed by atoms with Gasteiger partial charge in [-0.3, -0.25) is 14.6 Å². The largest absolute Gasteiger partial charge is 0.481 e. The molecular formula is C30H64Br8Cl2N8O2. The van der Waals surface area contributed by atoms with Crippen LogP contribution < -0.4 is 31.9 Å². The molecular weight excluding hydrogens is 1210 g/mol. The smallest absolute Gasteiger partial charge is 0.300 e. The number of benzene rings is 1. The Bertz CT molecular complexity index is 790. The number of aliphatic carboxylic acids is 1. The first kappa shape index (κ1) is 67.5. The lowest BCUT2D eigenvalue weighted by molar-refractivity contribution is -0.134. The summed E-state index contributed by atoms with van der Waals surface area (Å²) in [6, 6.07) is 4.22. The Kier molecular flexibility index (Phi) is 62.4. The molecule has 7 N–H and O–H groups in total. The summed E-state index contributed by atoms with van der Waals surface area (Å²) in [5.74, 6) is -0.833. The van der Waals surface area contributed by atoms with E-state index in [1.54, 1.807) is 0 Å². The molecule has 2 aliphatic rings. The third-order valence-electron chi connectivity index (χ3n) is 7.24. The van der Waals surface area contributed by atoms with Crippen molar-refractivity contribution in [2.45, 2.75) is 45.7 Å². The highest BCUT2D eigenvalue weighted by Crippen LogP contribution is 2.27. The molecule has 0 atom stereocenters. The van der Waals surface area contributed by atoms with E-state index >= 15 is 0 Å². The summed E-state index contributed by atoms with van der Waals surface area (Å²) >= 11 is 13.7. The van der Waals surface area contributed by atoms with E-state index in [4.69, 9.17) is 33.1 Å². The minimum atomic E-state index is -0.833. The highest BCUT2D eigenvalue weighted by Gasteiger charge is 2.15. The van der Waals surface area contributed by atoms with Crippen LogP contribution in [-0.4, -0.2) is 126 Å². The molecule has 0 saturated carbocycles. The highest BCUT2D eigenvalue weighted by atomic mass is 79.9. The van der Waals surface area contributed by atoms with E-state index < -0.39 is 5.97 Å². The Morgan fingerprint density at radius 2 is 0.780 bits per heavy atom. The standard InChI is InChI=1S/C28H52Cl2N8.C2H4O2.8BrH/c29-27-22-26(24-38-18-4-10-34-14-12-32-6-2-8-36-16-20-38)28(30)21-25(27)23-37-17-3-9-33-13-11-31-5-1-7-35-15-19-37;1-2(3)4;;;;;;;;/h21-22,31-36H,1-20,23-24H2;1H3,(H,3,4);8*1H. The molecule has 0 bridgehead atoms. The molecule has 10 nitrogen and oxygen atoms in total. The fraction of sp³-hybridized carbons (Fsp3) is 0.767. The number of rotatable bonds is 4. The Labute approximate surface area is 396 Å². The van der Waals surface area contributed by atoms with Gasteiger partial charge in [-0.2, -0.15) is 0 Å². The van der Waals surface area contributed by atoms with Gasteiger partial charge in [-0.15, -0.1) is 136 Å². The molecule has 0 aliphatic carbocycles. The number of hydrogen-bond acceptors (Lipinski definition) is 9. The van der Waals surface area contributed by atoms with E-state index in [2.05, 4.69) is 53.8 Å². The van der Waals surface area contributed by atoms with E-state index in [1.165, 1.54) is 0 Å². The summed E-state index contributed by atoms with van der Waals surface area (Å²) in [6.07, 6.45) is 4.56. The molecule has 2 aliphatic heterocycles. The molecule has 0 aromatic heterocycles. The average Bonchev–Trinajstić information content (AvgIpc) is 2.95. The van der Waals surface area contributed by atoms with Crippen LogP contribution in [-0.2, 0) is 17.9 Å². The predicted octanol–water partition coefficient (Wildman–Crippen LogP) is 6.44. The second-order valence-corrected chi connectivity index (χ2v) is 11.8. The molecule has 306 valence electrons. The molecule has 0 spiro atoms. The zero-order valence-electron chi connectivity index (χ0n) is 29.0. The van der Waals surface area contributed by atoms with Crippen molar-refractivity contribution in [2.75, 3.05) is 105 Å². The fourth-order valence-electron chi connectivity index (χ4n) is 5.00. The Morgan fingerprint density at radius 1 is 0.520 bits per heavy atom. The van der Waals surface area contributed by atoms with Gasteiger partial charge in [0, 0.05) is 82.4 Å². The van der Waals surface area contributed by atoms with Crippen LogP contribution in [0, 0.1) is 0 Å². The van der Waals surface area contributed by atoms with Crippen molar-refractivity contribution in [1.29, 1.82) is 0 Å². The first-order chi connectivity index (χ1) is 20.5. The Hall–Kier alpha value is 2.79. The van der Waals surface area contributed by atoms with Crippen molar-refractivity contribution >= 4 is 165 Å². The summed E-state index contributed by atoms with van der Waals surface area (Å²) in [5, 5.41) is 30.3. The fourth-order valence-corrected chi connectivity index (χ4v) is 5.50. The molecule has 2 saturated heterocycles. The van der Waals surface area contributed by atoms with E-state index in [-0.39, 0.29) is 136 Å². The summed E-state index contributed by atoms with van der Waals surface area (Å²) in [4.78, 5) is 14.0. The molecule has 1 aromatic carbocycles. The topological polar surface area (TPSA) is 116 Å². The first-order valence-electron chi connectivity index (χ1n) is 15.8. The van der Waals surface area contributed by atoms with Crippen molar-refractivity contribution < 1.29 is 9.90 Å². The number of carboxylic acid groups (broad SMARTS) is 1. The van der Waals surface area contributed by atoms with E-state index in [9.17, 15) is 0 Å². The molecule has 3 rings (SSSR count). The zero-order chi connectivity index (χ0) is 30.3. The van der Waals surface area contributed by atoms with Crippen LogP contribution >= 0.6 is 159 Å². The van der Waals surface area contributed by atoms with Gasteiger partial charge in [0.1, 0.15) is 0 Å². The van der Waals surface area contributed by atoms with Crippen LogP contribution in [0.3, 0.4) is 0 Å². The van der Waals surface area contributed by atoms with Crippen molar-refractivity contribution in [1.82, 2.24) is 41.7 Å². The quantitative estimate of drug-likeness (QED) is 0.182. The second-order valence-electron chi connectivity index (χ2n) is 11.0. The maximum absolute atomic E-state index is 9.00. The lowest BCUT2D eigenvalue weighted by atomic mass is 10.1. The molecule has 20 heteroatoms. The predicted molar refractivity (Wildman–Crippen MR) is 259 cm³/mol. The summed E-state index contributed by atoms with van der Waals surface area (Å²) in [7, 11) is 0. The normalized spacial score (nSPS) is 17.5. The van der Waals surface area contributed by atoms with Crippen molar-refractivity contribution in [3.05, 3.63) is 33.3 Å². The van der Waals surface area contributed by atoms with Crippen LogP contribution in [0.15, 0.2) is 12.1 Å². The first-order valence-corrected chi connectivity index (χ1v) is 16.6. The lowest BCUT2D eigenvalue weighted by Gasteiger charge is -2.26. The monoisotopic (exact) mass is 1270 g/mol. The number of hydrogen-bond donors (Lipinski definition) is 7. The van der Waals surface area contributed by atoms with Crippen LogP contribution in [0.1, 0.15) is 43.7 Å². The van der Waals surface area contributed by atoms with Crippen LogP contribution in [0.25, 0.3) is 0 Å². The average molecular weight is 1280 g/mol. The minimum absolute atomic E-state index is 0. The van der Waals surface area contributed by atoms with Gasteiger partial charge in [0.2, 0.25) is 0 Å². The van der Waals surface area contributed by atoms with Crippen LogP contribution in [0.5, 0.6) is 0 Å². The number of halogens is 10. The van der Waals surface area contributed by atoms with Gasteiger partial charge in [-0.05, 0) is 101 Å². The number of carboxylic acids is 1. The Balaban J connectivity index is -0.000000292. The van der Waals surface area contributed by atoms with E-state index in [0.29, 0.717) is 0 Å². The SMILES string of the molecule is Br.Br.Br.Br.Br.Br.Br.Br.CC(=O)O.Clc1cc(CN2CCCNCCNCCCNCC2)c(Cl)cc1CN1CCCNCCNCCCNCC1. The maximum atomic E-state index is 9.00. The molecule has 50 heavy (non-hydrogen) atoms. The van der Waals surface area contributed by atoms with Gasteiger partial charge in [0.15, 0.2) is 0 Å². The van der Waals surface area contributed by atoms with Crippen LogP contribution in [0.4, 0.5) is 0 Å². The van der Waals surface area contributed by atoms with Gasteiger partial charge in [0.05, 0.1) is 0 Å². The number of carbonyl (C=O) groups is 1. The van der Waals surface area contributed by atoms with Crippen molar-refractivity contribution in [2.24, 2.45) is 0 Å². The minimum Gasteiger partial charge on any atom is -0.481 e. The molecule has 0 radical (unpaired) electrons. The Morgan fingerprint density at radius 3 is 1.08 bits per heavy atom. The van der Waals surface area contributed by atoms with Gasteiger partial charge in [0.25, 0.3) is 5.97 Å². The molecule has 2 heterocycles. The van der Waals surface area contributed by atoms with Crippen LogP contribution in [0.2, 0.25) is 10.0 Å². The molecule has 2 fully saturated rings. The third-order valence-corrected chi connectivity index (χ3v) is 7.94. The van der Waals surface area contributed by atoms with Crippen molar-refractivity contribution in [3.8, 4) is 0 Å². The summed E-state index contributed by atoms with van der Waals surface area (Å²) < 4.78 is 0. The number of nitrogens with zero attached hydrogens (tertiary/aromatic N) is 2. The molecule has 0 unspecified atom stereocenters. The summed E-state index contributed by atoms with van der Waals surface area (Å²) in [6.45, 7) is 19.3. The van der Waals surface area contributed by atoms with Gasteiger partial charge in [-0.25, -0.2) is 0 Å². The lowest BCUT2D eigenvalue weighted by Crippen LogP contribution is -2.37. The second kappa shape index (κ2) is 46.2. The zero-order valence-corrected chi connectivity index (χ0v) is 44.2. The van der Waals surface area contributed by atoms with Gasteiger partial charge in [-0.1, -0.05) is 23.2 Å². The van der Waals surface area contributed by atoms with Gasteiger partial charge >= 0.3 is 0 Å². The highest BCUT2D eigenvalue weighted by molar-refractivity contribution is 8.93.